The summed E-state index contributed by atoms with van der Waals surface area (Å²) in [4.78, 5) is 22.4. The second-order valence-corrected chi connectivity index (χ2v) is 6.48. The number of aliphatic hydroxyl groups is 2. The quantitative estimate of drug-likeness (QED) is 0.401. The van der Waals surface area contributed by atoms with Crippen molar-refractivity contribution in [1.82, 2.24) is 0 Å². The van der Waals surface area contributed by atoms with Crippen molar-refractivity contribution in [2.45, 2.75) is 76.9 Å². The second kappa shape index (κ2) is 10.6. The minimum Gasteiger partial charge on any atom is -0.481 e. The van der Waals surface area contributed by atoms with Gasteiger partial charge in [-0.3, -0.25) is 9.59 Å². The van der Waals surface area contributed by atoms with Gasteiger partial charge >= 0.3 is 5.97 Å². The minimum atomic E-state index is -0.751. The van der Waals surface area contributed by atoms with Crippen LogP contribution in [0.4, 0.5) is 0 Å². The van der Waals surface area contributed by atoms with Crippen LogP contribution in [0, 0.1) is 11.8 Å². The molecule has 1 saturated carbocycles. The van der Waals surface area contributed by atoms with Gasteiger partial charge in [-0.15, -0.1) is 0 Å². The van der Waals surface area contributed by atoms with E-state index in [0.29, 0.717) is 12.8 Å². The van der Waals surface area contributed by atoms with E-state index in [1.54, 1.807) is 12.2 Å². The average Bonchev–Trinajstić information content (AvgIpc) is 2.77. The highest BCUT2D eigenvalue weighted by molar-refractivity contribution is 5.84. The van der Waals surface area contributed by atoms with Crippen LogP contribution in [0.1, 0.15) is 64.7 Å². The molecule has 23 heavy (non-hydrogen) atoms. The Morgan fingerprint density at radius 1 is 1.26 bits per heavy atom. The van der Waals surface area contributed by atoms with Crippen molar-refractivity contribution in [3.05, 3.63) is 12.2 Å². The van der Waals surface area contributed by atoms with Crippen LogP contribution in [-0.4, -0.2) is 39.3 Å². The number of aliphatic carboxylic acids is 1. The lowest BCUT2D eigenvalue weighted by atomic mass is 9.88. The third kappa shape index (κ3) is 7.27. The van der Waals surface area contributed by atoms with Crippen LogP contribution in [0.2, 0.25) is 0 Å². The Bertz CT molecular complexity index is 404. The third-order valence-electron chi connectivity index (χ3n) is 4.61. The van der Waals surface area contributed by atoms with E-state index in [-0.39, 0.29) is 30.5 Å². The molecule has 0 spiro atoms. The molecule has 1 rings (SSSR count). The molecule has 5 heteroatoms. The number of aliphatic hydroxyl groups excluding tert-OH is 2. The maximum atomic E-state index is 12.0. The number of carboxylic acid groups (broad SMARTS) is 1. The zero-order chi connectivity index (χ0) is 17.2. The van der Waals surface area contributed by atoms with Crippen molar-refractivity contribution in [2.24, 2.45) is 11.8 Å². The van der Waals surface area contributed by atoms with Gasteiger partial charge in [0.2, 0.25) is 0 Å². The van der Waals surface area contributed by atoms with Gasteiger partial charge in [-0.25, -0.2) is 0 Å². The van der Waals surface area contributed by atoms with E-state index in [0.717, 1.165) is 32.1 Å². The van der Waals surface area contributed by atoms with Crippen LogP contribution in [0.3, 0.4) is 0 Å². The molecular weight excluding hydrogens is 296 g/mol. The molecule has 0 aromatic carbocycles. The number of hydrogen-bond acceptors (Lipinski definition) is 4. The molecule has 4 atom stereocenters. The van der Waals surface area contributed by atoms with Crippen LogP contribution in [0.15, 0.2) is 12.2 Å². The zero-order valence-electron chi connectivity index (χ0n) is 14.0. The number of ketones is 1. The summed E-state index contributed by atoms with van der Waals surface area (Å²) < 4.78 is 0. The third-order valence-corrected chi connectivity index (χ3v) is 4.61. The Morgan fingerprint density at radius 3 is 2.57 bits per heavy atom. The van der Waals surface area contributed by atoms with Gasteiger partial charge in [0.1, 0.15) is 5.78 Å². The number of unbranched alkanes of at least 4 members (excludes halogenated alkanes) is 4. The maximum absolute atomic E-state index is 12.0. The molecule has 1 aliphatic rings. The molecule has 0 bridgehead atoms. The highest BCUT2D eigenvalue weighted by atomic mass is 16.4. The summed E-state index contributed by atoms with van der Waals surface area (Å²) in [5.74, 6) is -0.969. The molecule has 132 valence electrons. The first-order chi connectivity index (χ1) is 11.0. The van der Waals surface area contributed by atoms with Crippen LogP contribution < -0.4 is 0 Å². The van der Waals surface area contributed by atoms with Gasteiger partial charge in [-0.05, 0) is 19.3 Å². The SMILES string of the molecule is CC[C@@H](O)/C=C/[C@@H]1[C@H](O)CC(=O)[C@@H]1CCCCCCCC(=O)O. The Kier molecular flexibility index (Phi) is 9.10. The second-order valence-electron chi connectivity index (χ2n) is 6.48. The van der Waals surface area contributed by atoms with Crippen molar-refractivity contribution < 1.29 is 24.9 Å². The molecule has 1 aliphatic carbocycles. The predicted octanol–water partition coefficient (Wildman–Crippen LogP) is 2.69. The molecule has 0 aliphatic heterocycles. The fourth-order valence-electron chi connectivity index (χ4n) is 3.16. The lowest BCUT2D eigenvalue weighted by Crippen LogP contribution is -2.19. The summed E-state index contributed by atoms with van der Waals surface area (Å²) in [5.41, 5.74) is 0. The maximum Gasteiger partial charge on any atom is 0.303 e. The van der Waals surface area contributed by atoms with Crippen molar-refractivity contribution in [3.8, 4) is 0 Å². The van der Waals surface area contributed by atoms with E-state index >= 15 is 0 Å². The molecule has 1 fully saturated rings. The summed E-state index contributed by atoms with van der Waals surface area (Å²) >= 11 is 0. The van der Waals surface area contributed by atoms with Crippen molar-refractivity contribution in [1.29, 1.82) is 0 Å². The molecule has 0 amide bonds. The molecule has 0 heterocycles. The number of carbonyl (C=O) groups excluding carboxylic acids is 1. The zero-order valence-corrected chi connectivity index (χ0v) is 14.0. The monoisotopic (exact) mass is 326 g/mol. The van der Waals surface area contributed by atoms with Crippen LogP contribution in [0.25, 0.3) is 0 Å². The van der Waals surface area contributed by atoms with Crippen LogP contribution >= 0.6 is 0 Å². The number of carboxylic acids is 1. The predicted molar refractivity (Wildman–Crippen MR) is 88.0 cm³/mol. The van der Waals surface area contributed by atoms with E-state index in [9.17, 15) is 19.8 Å². The van der Waals surface area contributed by atoms with Gasteiger partial charge in [-0.1, -0.05) is 44.8 Å². The molecule has 0 aromatic heterocycles. The van der Waals surface area contributed by atoms with Gasteiger partial charge in [-0.2, -0.15) is 0 Å². The molecule has 5 nitrogen and oxygen atoms in total. The van der Waals surface area contributed by atoms with Gasteiger partial charge in [0.05, 0.1) is 12.2 Å². The summed E-state index contributed by atoms with van der Waals surface area (Å²) in [5, 5.41) is 28.2. The van der Waals surface area contributed by atoms with Crippen molar-refractivity contribution in [3.63, 3.8) is 0 Å². The van der Waals surface area contributed by atoms with Crippen LogP contribution in [0.5, 0.6) is 0 Å². The first-order valence-electron chi connectivity index (χ1n) is 8.74. The molecular formula is C18H30O5. The summed E-state index contributed by atoms with van der Waals surface area (Å²) in [6, 6.07) is 0. The number of Topliss-reactive ketones (excluding diaryl/α,β-unsaturated/α-hetero) is 1. The lowest BCUT2D eigenvalue weighted by Gasteiger charge is -2.17. The first kappa shape index (κ1) is 19.8. The Morgan fingerprint density at radius 2 is 1.91 bits per heavy atom. The number of carbonyl (C=O) groups is 2. The fraction of sp³-hybridized carbons (Fsp3) is 0.778. The smallest absolute Gasteiger partial charge is 0.303 e. The van der Waals surface area contributed by atoms with Gasteiger partial charge < -0.3 is 15.3 Å². The van der Waals surface area contributed by atoms with E-state index in [2.05, 4.69) is 0 Å². The van der Waals surface area contributed by atoms with Crippen LogP contribution in [-0.2, 0) is 9.59 Å². The Hall–Kier alpha value is -1.20. The highest BCUT2D eigenvalue weighted by Crippen LogP contribution is 2.34. The molecule has 0 unspecified atom stereocenters. The molecule has 0 aromatic rings. The van der Waals surface area contributed by atoms with Gasteiger partial charge in [0, 0.05) is 24.7 Å². The highest BCUT2D eigenvalue weighted by Gasteiger charge is 2.39. The topological polar surface area (TPSA) is 94.8 Å². The van der Waals surface area contributed by atoms with E-state index < -0.39 is 18.2 Å². The fourth-order valence-corrected chi connectivity index (χ4v) is 3.16. The molecule has 0 radical (unpaired) electrons. The first-order valence-corrected chi connectivity index (χ1v) is 8.74. The van der Waals surface area contributed by atoms with E-state index in [4.69, 9.17) is 5.11 Å². The van der Waals surface area contributed by atoms with Crippen molar-refractivity contribution in [2.75, 3.05) is 0 Å². The average molecular weight is 326 g/mol. The molecule has 0 saturated heterocycles. The summed E-state index contributed by atoms with van der Waals surface area (Å²) in [6.07, 6.45) is 8.62. The summed E-state index contributed by atoms with van der Waals surface area (Å²) in [7, 11) is 0. The van der Waals surface area contributed by atoms with Gasteiger partial charge in [0.25, 0.3) is 0 Å². The Labute approximate surface area is 138 Å². The normalized spacial score (nSPS) is 26.0. The minimum absolute atomic E-state index is 0.115. The Balaban J connectivity index is 2.33. The lowest BCUT2D eigenvalue weighted by molar-refractivity contribution is -0.137. The standard InChI is InChI=1S/C18H30O5/c1-2-13(19)10-11-15-14(16(20)12-17(15)21)8-6-4-3-5-7-9-18(22)23/h10-11,13-15,17,19,21H,2-9,12H2,1H3,(H,22,23)/b11-10+/t13-,14-,15+,17-/m1/s1. The summed E-state index contributed by atoms with van der Waals surface area (Å²) in [6.45, 7) is 1.88. The van der Waals surface area contributed by atoms with Crippen molar-refractivity contribution >= 4 is 11.8 Å². The van der Waals surface area contributed by atoms with E-state index in [1.165, 1.54) is 0 Å². The van der Waals surface area contributed by atoms with Gasteiger partial charge in [0.15, 0.2) is 0 Å². The van der Waals surface area contributed by atoms with E-state index in [1.807, 2.05) is 6.92 Å². The molecule has 3 N–H and O–H groups in total. The number of hydrogen-bond donors (Lipinski definition) is 3. The largest absolute Gasteiger partial charge is 0.481 e. The number of rotatable bonds is 11.